The van der Waals surface area contributed by atoms with Crippen LogP contribution in [0, 0.1) is 11.3 Å². The lowest BCUT2D eigenvalue weighted by Gasteiger charge is -2.10. The van der Waals surface area contributed by atoms with Gasteiger partial charge in [0.05, 0.1) is 17.2 Å². The van der Waals surface area contributed by atoms with Gasteiger partial charge in [0.25, 0.3) is 0 Å². The number of benzene rings is 1. The second-order valence-electron chi connectivity index (χ2n) is 3.71. The van der Waals surface area contributed by atoms with Crippen molar-refractivity contribution in [1.82, 2.24) is 0 Å². The van der Waals surface area contributed by atoms with E-state index >= 15 is 0 Å². The highest BCUT2D eigenvalue weighted by Crippen LogP contribution is 2.35. The molecule has 0 aliphatic heterocycles. The summed E-state index contributed by atoms with van der Waals surface area (Å²) in [5.74, 6) is 0.694. The molecule has 1 heterocycles. The summed E-state index contributed by atoms with van der Waals surface area (Å²) in [6.45, 7) is 2.47. The predicted octanol–water partition coefficient (Wildman–Crippen LogP) is 4.78. The van der Waals surface area contributed by atoms with Gasteiger partial charge < -0.3 is 4.74 Å². The van der Waals surface area contributed by atoms with Gasteiger partial charge in [0, 0.05) is 10.4 Å². The van der Waals surface area contributed by atoms with Crippen LogP contribution in [0.5, 0.6) is 5.75 Å². The molecular formula is C15H12ClNOS. The number of halogens is 1. The van der Waals surface area contributed by atoms with E-state index in [0.717, 1.165) is 10.4 Å². The molecule has 0 aliphatic rings. The predicted molar refractivity (Wildman–Crippen MR) is 80.2 cm³/mol. The maximum Gasteiger partial charge on any atom is 0.128 e. The van der Waals surface area contributed by atoms with E-state index in [1.165, 1.54) is 11.3 Å². The van der Waals surface area contributed by atoms with Gasteiger partial charge in [0.2, 0.25) is 0 Å². The molecule has 0 atom stereocenters. The van der Waals surface area contributed by atoms with Gasteiger partial charge in [-0.15, -0.1) is 11.3 Å². The molecule has 2 aromatic rings. The van der Waals surface area contributed by atoms with Crippen molar-refractivity contribution >= 4 is 33.5 Å². The number of nitrogens with zero attached hydrogens (tertiary/aromatic N) is 1. The molecule has 4 heteroatoms. The highest BCUT2D eigenvalue weighted by atomic mass is 35.5. The minimum Gasteiger partial charge on any atom is -0.493 e. The molecule has 0 amide bonds. The van der Waals surface area contributed by atoms with Crippen LogP contribution in [0.3, 0.4) is 0 Å². The lowest BCUT2D eigenvalue weighted by Crippen LogP contribution is -1.95. The minimum absolute atomic E-state index is 0.425. The molecule has 1 aromatic carbocycles. The number of rotatable bonds is 4. The molecule has 0 spiro atoms. The van der Waals surface area contributed by atoms with Gasteiger partial charge in [-0.3, -0.25) is 0 Å². The second kappa shape index (κ2) is 6.42. The largest absolute Gasteiger partial charge is 0.493 e. The monoisotopic (exact) mass is 289 g/mol. The third kappa shape index (κ3) is 2.98. The first-order valence-corrected chi connectivity index (χ1v) is 7.09. The summed E-state index contributed by atoms with van der Waals surface area (Å²) in [7, 11) is 0. The highest BCUT2D eigenvalue weighted by Gasteiger charge is 2.14. The van der Waals surface area contributed by atoms with Gasteiger partial charge in [-0.1, -0.05) is 29.8 Å². The molecule has 0 bridgehead atoms. The van der Waals surface area contributed by atoms with Crippen molar-refractivity contribution in [1.29, 1.82) is 5.26 Å². The van der Waals surface area contributed by atoms with E-state index in [-0.39, 0.29) is 0 Å². The molecule has 2 rings (SSSR count). The minimum atomic E-state index is 0.425. The van der Waals surface area contributed by atoms with E-state index < -0.39 is 0 Å². The zero-order valence-corrected chi connectivity index (χ0v) is 12.0. The average Bonchev–Trinajstić information content (AvgIpc) is 2.94. The number of hydrogen-bond donors (Lipinski definition) is 0. The van der Waals surface area contributed by atoms with Crippen LogP contribution in [0.15, 0.2) is 41.8 Å². The van der Waals surface area contributed by atoms with E-state index in [0.29, 0.717) is 23.0 Å². The zero-order chi connectivity index (χ0) is 13.7. The molecular weight excluding hydrogens is 278 g/mol. The molecule has 0 radical (unpaired) electrons. The zero-order valence-electron chi connectivity index (χ0n) is 10.4. The topological polar surface area (TPSA) is 33.0 Å². The number of para-hydroxylation sites is 1. The molecule has 0 N–H and O–H groups in total. The number of nitriles is 1. The molecule has 19 heavy (non-hydrogen) atoms. The third-order valence-corrected chi connectivity index (χ3v) is 3.80. The van der Waals surface area contributed by atoms with E-state index in [9.17, 15) is 5.26 Å². The molecule has 0 saturated carbocycles. The van der Waals surface area contributed by atoms with Gasteiger partial charge in [0.1, 0.15) is 11.8 Å². The summed E-state index contributed by atoms with van der Waals surface area (Å²) < 4.78 is 5.55. The SMILES string of the molecule is CCOc1ccccc1C(Cl)=C(C#N)c1cccs1. The van der Waals surface area contributed by atoms with Crippen molar-refractivity contribution in [3.8, 4) is 11.8 Å². The highest BCUT2D eigenvalue weighted by molar-refractivity contribution is 7.11. The van der Waals surface area contributed by atoms with Crippen LogP contribution < -0.4 is 4.74 Å². The van der Waals surface area contributed by atoms with E-state index in [4.69, 9.17) is 16.3 Å². The summed E-state index contributed by atoms with van der Waals surface area (Å²) >= 11 is 7.88. The fraction of sp³-hybridized carbons (Fsp3) is 0.133. The lowest BCUT2D eigenvalue weighted by atomic mass is 10.1. The lowest BCUT2D eigenvalue weighted by molar-refractivity contribution is 0.339. The Morgan fingerprint density at radius 3 is 2.74 bits per heavy atom. The Bertz CT molecular complexity index is 626. The smallest absolute Gasteiger partial charge is 0.128 e. The van der Waals surface area contributed by atoms with Crippen LogP contribution in [-0.2, 0) is 0 Å². The molecule has 0 fully saturated rings. The van der Waals surface area contributed by atoms with Crippen LogP contribution in [0.2, 0.25) is 0 Å². The van der Waals surface area contributed by atoms with Crippen LogP contribution in [0.25, 0.3) is 10.6 Å². The summed E-state index contributed by atoms with van der Waals surface area (Å²) in [5, 5.41) is 11.7. The van der Waals surface area contributed by atoms with Crippen molar-refractivity contribution in [2.24, 2.45) is 0 Å². The standard InChI is InChI=1S/C15H12ClNOS/c1-2-18-13-7-4-3-6-11(13)15(16)12(10-17)14-8-5-9-19-14/h3-9H,2H2,1H3. The first kappa shape index (κ1) is 13.7. The second-order valence-corrected chi connectivity index (χ2v) is 5.03. The summed E-state index contributed by atoms with van der Waals surface area (Å²) in [5.41, 5.74) is 1.22. The van der Waals surface area contributed by atoms with E-state index in [1.807, 2.05) is 48.7 Å². The Morgan fingerprint density at radius 1 is 1.32 bits per heavy atom. The molecule has 1 aromatic heterocycles. The molecule has 0 unspecified atom stereocenters. The van der Waals surface area contributed by atoms with E-state index in [1.54, 1.807) is 0 Å². The van der Waals surface area contributed by atoms with Crippen molar-refractivity contribution in [3.05, 3.63) is 52.2 Å². The first-order valence-electron chi connectivity index (χ1n) is 5.84. The van der Waals surface area contributed by atoms with Gasteiger partial charge in [-0.25, -0.2) is 0 Å². The number of ether oxygens (including phenoxy) is 1. The molecule has 2 nitrogen and oxygen atoms in total. The third-order valence-electron chi connectivity index (χ3n) is 2.52. The van der Waals surface area contributed by atoms with Crippen molar-refractivity contribution in [2.75, 3.05) is 6.61 Å². The first-order chi connectivity index (χ1) is 9.27. The average molecular weight is 290 g/mol. The van der Waals surface area contributed by atoms with Crippen molar-refractivity contribution in [3.63, 3.8) is 0 Å². The van der Waals surface area contributed by atoms with Crippen molar-refractivity contribution in [2.45, 2.75) is 6.92 Å². The van der Waals surface area contributed by atoms with Crippen LogP contribution >= 0.6 is 22.9 Å². The Kier molecular flexibility index (Phi) is 4.62. The fourth-order valence-corrected chi connectivity index (χ4v) is 2.78. The summed E-state index contributed by atoms with van der Waals surface area (Å²) in [4.78, 5) is 0.860. The number of hydrogen-bond acceptors (Lipinski definition) is 3. The maximum atomic E-state index is 9.32. The Labute approximate surface area is 121 Å². The Hall–Kier alpha value is -1.76. The summed E-state index contributed by atoms with van der Waals surface area (Å²) in [6.07, 6.45) is 0. The molecule has 0 saturated heterocycles. The van der Waals surface area contributed by atoms with Crippen LogP contribution in [0.1, 0.15) is 17.4 Å². The number of allylic oxidation sites excluding steroid dienone is 1. The van der Waals surface area contributed by atoms with Gasteiger partial charge in [-0.2, -0.15) is 5.26 Å². The van der Waals surface area contributed by atoms with Gasteiger partial charge >= 0.3 is 0 Å². The molecule has 96 valence electrons. The van der Waals surface area contributed by atoms with Gasteiger partial charge in [0.15, 0.2) is 0 Å². The van der Waals surface area contributed by atoms with Crippen LogP contribution in [-0.4, -0.2) is 6.61 Å². The quantitative estimate of drug-likeness (QED) is 0.759. The van der Waals surface area contributed by atoms with Crippen molar-refractivity contribution < 1.29 is 4.74 Å². The van der Waals surface area contributed by atoms with Gasteiger partial charge in [-0.05, 0) is 30.5 Å². The molecule has 0 aliphatic carbocycles. The fourth-order valence-electron chi connectivity index (χ4n) is 1.70. The number of thiophene rings is 1. The normalized spacial score (nSPS) is 11.6. The van der Waals surface area contributed by atoms with E-state index in [2.05, 4.69) is 6.07 Å². The summed E-state index contributed by atoms with van der Waals surface area (Å²) in [6, 6.07) is 13.4. The van der Waals surface area contributed by atoms with Crippen LogP contribution in [0.4, 0.5) is 0 Å². The Balaban J connectivity index is 2.54. The maximum absolute atomic E-state index is 9.32. The Morgan fingerprint density at radius 2 is 2.11 bits per heavy atom.